The first-order valence-corrected chi connectivity index (χ1v) is 10.2. The summed E-state index contributed by atoms with van der Waals surface area (Å²) in [6.07, 6.45) is 2.73. The van der Waals surface area contributed by atoms with Crippen LogP contribution in [0.3, 0.4) is 0 Å². The van der Waals surface area contributed by atoms with Crippen molar-refractivity contribution in [2.45, 2.75) is 13.8 Å². The first-order valence-electron chi connectivity index (χ1n) is 8.39. The molecule has 0 unspecified atom stereocenters. The largest absolute Gasteiger partial charge is 0.490 e. The van der Waals surface area contributed by atoms with Gasteiger partial charge in [-0.2, -0.15) is 0 Å². The molecule has 2 aromatic carbocycles. The highest BCUT2D eigenvalue weighted by atomic mass is 32.2. The number of hydrogen-bond donors (Lipinski definition) is 1. The van der Waals surface area contributed by atoms with Crippen molar-refractivity contribution in [3.05, 3.63) is 66.2 Å². The van der Waals surface area contributed by atoms with E-state index in [1.54, 1.807) is 36.4 Å². The fourth-order valence-electron chi connectivity index (χ4n) is 2.49. The van der Waals surface area contributed by atoms with Gasteiger partial charge in [-0.05, 0) is 55.3 Å². The molecule has 6 nitrogen and oxygen atoms in total. The Labute approximate surface area is 160 Å². The lowest BCUT2D eigenvalue weighted by Gasteiger charge is -2.24. The van der Waals surface area contributed by atoms with Gasteiger partial charge in [0.05, 0.1) is 11.9 Å². The molecule has 2 rings (SSSR count). The number of benzene rings is 2. The van der Waals surface area contributed by atoms with Crippen LogP contribution in [0.4, 0.5) is 11.4 Å². The summed E-state index contributed by atoms with van der Waals surface area (Å²) in [4.78, 5) is 12.4. The Morgan fingerprint density at radius 3 is 2.44 bits per heavy atom. The Morgan fingerprint density at radius 2 is 1.85 bits per heavy atom. The Bertz CT molecular complexity index is 921. The van der Waals surface area contributed by atoms with Crippen LogP contribution in [-0.4, -0.2) is 33.7 Å². The number of rotatable bonds is 8. The second kappa shape index (κ2) is 8.73. The summed E-state index contributed by atoms with van der Waals surface area (Å²) in [5.41, 5.74) is 2.75. The third kappa shape index (κ3) is 5.86. The summed E-state index contributed by atoms with van der Waals surface area (Å²) in [6, 6.07) is 12.3. The molecule has 0 saturated heterocycles. The minimum absolute atomic E-state index is 0.308. The summed E-state index contributed by atoms with van der Waals surface area (Å²) in [5, 5.41) is 2.71. The molecule has 0 aromatic heterocycles. The number of sulfonamides is 1. The summed E-state index contributed by atoms with van der Waals surface area (Å²) >= 11 is 0. The third-order valence-corrected chi connectivity index (χ3v) is 4.95. The second-order valence-corrected chi connectivity index (χ2v) is 8.14. The van der Waals surface area contributed by atoms with Crippen LogP contribution in [0.25, 0.3) is 0 Å². The maximum atomic E-state index is 12.4. The molecule has 0 aliphatic heterocycles. The standard InChI is InChI=1S/C20H24N2O4S/c1-5-12-26-18-10-8-17(9-11-18)21-20(23)14-22(27(4,24)25)19-13-15(2)6-7-16(19)3/h5-11,13H,1,12,14H2,2-4H3,(H,21,23). The van der Waals surface area contributed by atoms with Crippen LogP contribution in [0.5, 0.6) is 5.75 Å². The lowest BCUT2D eigenvalue weighted by atomic mass is 10.1. The van der Waals surface area contributed by atoms with Crippen molar-refractivity contribution in [3.8, 4) is 5.75 Å². The van der Waals surface area contributed by atoms with Crippen LogP contribution in [-0.2, 0) is 14.8 Å². The average Bonchev–Trinajstić information content (AvgIpc) is 2.60. The van der Waals surface area contributed by atoms with Gasteiger partial charge in [0.2, 0.25) is 15.9 Å². The Hall–Kier alpha value is -2.80. The van der Waals surface area contributed by atoms with Crippen LogP contribution in [0.15, 0.2) is 55.1 Å². The van der Waals surface area contributed by atoms with Gasteiger partial charge in [-0.15, -0.1) is 0 Å². The van der Waals surface area contributed by atoms with Gasteiger partial charge >= 0.3 is 0 Å². The van der Waals surface area contributed by atoms with Crippen LogP contribution in [0, 0.1) is 13.8 Å². The number of carbonyl (C=O) groups excluding carboxylic acids is 1. The van der Waals surface area contributed by atoms with Gasteiger partial charge in [0, 0.05) is 5.69 Å². The zero-order valence-corrected chi connectivity index (χ0v) is 16.5. The molecule has 0 radical (unpaired) electrons. The first-order chi connectivity index (χ1) is 12.7. The van der Waals surface area contributed by atoms with Crippen molar-refractivity contribution in [2.75, 3.05) is 29.0 Å². The molecule has 1 amide bonds. The monoisotopic (exact) mass is 388 g/mol. The maximum Gasteiger partial charge on any atom is 0.245 e. The quantitative estimate of drug-likeness (QED) is 0.704. The lowest BCUT2D eigenvalue weighted by Crippen LogP contribution is -2.37. The normalized spacial score (nSPS) is 10.9. The van der Waals surface area contributed by atoms with E-state index in [4.69, 9.17) is 4.74 Å². The smallest absolute Gasteiger partial charge is 0.245 e. The molecule has 0 atom stereocenters. The highest BCUT2D eigenvalue weighted by Gasteiger charge is 2.22. The van der Waals surface area contributed by atoms with E-state index in [-0.39, 0.29) is 6.54 Å². The molecule has 7 heteroatoms. The zero-order chi connectivity index (χ0) is 20.0. The van der Waals surface area contributed by atoms with Crippen LogP contribution < -0.4 is 14.4 Å². The molecule has 0 bridgehead atoms. The van der Waals surface area contributed by atoms with Crippen molar-refractivity contribution in [3.63, 3.8) is 0 Å². The molecule has 0 aliphatic rings. The second-order valence-electron chi connectivity index (χ2n) is 6.23. The fourth-order valence-corrected chi connectivity index (χ4v) is 3.40. The van der Waals surface area contributed by atoms with E-state index in [1.807, 2.05) is 26.0 Å². The number of amides is 1. The predicted molar refractivity (Wildman–Crippen MR) is 109 cm³/mol. The minimum Gasteiger partial charge on any atom is -0.490 e. The Balaban J connectivity index is 2.15. The van der Waals surface area contributed by atoms with E-state index < -0.39 is 15.9 Å². The summed E-state index contributed by atoms with van der Waals surface area (Å²) < 4.78 is 31.0. The molecule has 0 saturated carbocycles. The van der Waals surface area contributed by atoms with Crippen molar-refractivity contribution in [2.24, 2.45) is 0 Å². The molecule has 0 aliphatic carbocycles. The molecule has 0 fully saturated rings. The first kappa shape index (κ1) is 20.5. The highest BCUT2D eigenvalue weighted by Crippen LogP contribution is 2.24. The molecule has 0 heterocycles. The van der Waals surface area contributed by atoms with Gasteiger partial charge in [0.25, 0.3) is 0 Å². The number of nitrogens with zero attached hydrogens (tertiary/aromatic N) is 1. The fraction of sp³-hybridized carbons (Fsp3) is 0.250. The number of nitrogens with one attached hydrogen (secondary N) is 1. The summed E-state index contributed by atoms with van der Waals surface area (Å²) in [6.45, 7) is 7.35. The molecule has 144 valence electrons. The van der Waals surface area contributed by atoms with Gasteiger partial charge in [-0.3, -0.25) is 9.10 Å². The minimum atomic E-state index is -3.62. The van der Waals surface area contributed by atoms with Crippen molar-refractivity contribution >= 4 is 27.3 Å². The van der Waals surface area contributed by atoms with E-state index in [2.05, 4.69) is 11.9 Å². The van der Waals surface area contributed by atoms with Crippen molar-refractivity contribution in [1.29, 1.82) is 0 Å². The molecule has 2 aromatic rings. The SMILES string of the molecule is C=CCOc1ccc(NC(=O)CN(c2cc(C)ccc2C)S(C)(=O)=O)cc1. The number of aryl methyl sites for hydroxylation is 2. The molecule has 0 spiro atoms. The molecular weight excluding hydrogens is 364 g/mol. The third-order valence-electron chi connectivity index (χ3n) is 3.83. The highest BCUT2D eigenvalue weighted by molar-refractivity contribution is 7.92. The van der Waals surface area contributed by atoms with Gasteiger partial charge in [0.1, 0.15) is 18.9 Å². The Kier molecular flexibility index (Phi) is 6.63. The number of carbonyl (C=O) groups is 1. The van der Waals surface area contributed by atoms with Crippen molar-refractivity contribution < 1.29 is 17.9 Å². The van der Waals surface area contributed by atoms with Crippen LogP contribution in [0.1, 0.15) is 11.1 Å². The van der Waals surface area contributed by atoms with E-state index in [0.717, 1.165) is 21.7 Å². The van der Waals surface area contributed by atoms with Crippen LogP contribution in [0.2, 0.25) is 0 Å². The van der Waals surface area contributed by atoms with Crippen LogP contribution >= 0.6 is 0 Å². The van der Waals surface area contributed by atoms with Gasteiger partial charge < -0.3 is 10.1 Å². The van der Waals surface area contributed by atoms with Gasteiger partial charge in [-0.25, -0.2) is 8.42 Å². The molecule has 27 heavy (non-hydrogen) atoms. The topological polar surface area (TPSA) is 75.7 Å². The number of hydrogen-bond acceptors (Lipinski definition) is 4. The summed E-state index contributed by atoms with van der Waals surface area (Å²) in [7, 11) is -3.62. The summed E-state index contributed by atoms with van der Waals surface area (Å²) in [5.74, 6) is 0.224. The van der Waals surface area contributed by atoms with E-state index in [9.17, 15) is 13.2 Å². The van der Waals surface area contributed by atoms with E-state index in [0.29, 0.717) is 23.7 Å². The number of ether oxygens (including phenoxy) is 1. The van der Waals surface area contributed by atoms with Crippen molar-refractivity contribution in [1.82, 2.24) is 0 Å². The predicted octanol–water partition coefficient (Wildman–Crippen LogP) is 3.27. The zero-order valence-electron chi connectivity index (χ0n) is 15.7. The van der Waals surface area contributed by atoms with E-state index >= 15 is 0 Å². The Morgan fingerprint density at radius 1 is 1.19 bits per heavy atom. The lowest BCUT2D eigenvalue weighted by molar-refractivity contribution is -0.114. The molecule has 1 N–H and O–H groups in total. The van der Waals surface area contributed by atoms with Gasteiger partial charge in [0.15, 0.2) is 0 Å². The maximum absolute atomic E-state index is 12.4. The molecular formula is C20H24N2O4S. The van der Waals surface area contributed by atoms with E-state index in [1.165, 1.54) is 0 Å². The average molecular weight is 388 g/mol. The number of anilines is 2. The van der Waals surface area contributed by atoms with Gasteiger partial charge in [-0.1, -0.05) is 24.8 Å².